The third kappa shape index (κ3) is 3.53. The van der Waals surface area contributed by atoms with Gasteiger partial charge in [0, 0.05) is 38.4 Å². The molecule has 0 aliphatic carbocycles. The summed E-state index contributed by atoms with van der Waals surface area (Å²) in [5.41, 5.74) is 4.32. The Morgan fingerprint density at radius 1 is 1.15 bits per heavy atom. The van der Waals surface area contributed by atoms with Crippen LogP contribution in [0.5, 0.6) is 0 Å². The normalized spacial score (nSPS) is 16.9. The van der Waals surface area contributed by atoms with E-state index in [2.05, 4.69) is 48.8 Å². The van der Waals surface area contributed by atoms with Crippen LogP contribution in [0.2, 0.25) is 0 Å². The highest BCUT2D eigenvalue weighted by molar-refractivity contribution is 5.52. The highest BCUT2D eigenvalue weighted by atomic mass is 16.3. The Labute approximate surface area is 123 Å². The fourth-order valence-corrected chi connectivity index (χ4v) is 3.03. The third-order valence-electron chi connectivity index (χ3n) is 4.28. The number of aliphatic hydroxyl groups is 1. The molecular formula is C17H28N2O. The van der Waals surface area contributed by atoms with E-state index in [1.807, 2.05) is 0 Å². The first-order chi connectivity index (χ1) is 9.65. The van der Waals surface area contributed by atoms with Gasteiger partial charge in [-0.05, 0) is 35.6 Å². The average molecular weight is 276 g/mol. The minimum Gasteiger partial charge on any atom is -0.395 e. The van der Waals surface area contributed by atoms with Crippen molar-refractivity contribution in [1.29, 1.82) is 0 Å². The van der Waals surface area contributed by atoms with E-state index in [-0.39, 0.29) is 6.61 Å². The number of β-amino-alcohol motifs (C(OH)–C–C–N with tert-alkyl or cyclic N) is 1. The van der Waals surface area contributed by atoms with Crippen molar-refractivity contribution in [2.45, 2.75) is 33.1 Å². The predicted octanol–water partition coefficient (Wildman–Crippen LogP) is 2.49. The summed E-state index contributed by atoms with van der Waals surface area (Å²) in [5, 5.41) is 9.00. The maximum absolute atomic E-state index is 9.00. The lowest BCUT2D eigenvalue weighted by molar-refractivity contribution is 0.189. The number of hydrogen-bond acceptors (Lipinski definition) is 3. The largest absolute Gasteiger partial charge is 0.395 e. The van der Waals surface area contributed by atoms with Crippen molar-refractivity contribution in [1.82, 2.24) is 4.90 Å². The fourth-order valence-electron chi connectivity index (χ4n) is 3.03. The molecule has 0 amide bonds. The van der Waals surface area contributed by atoms with Gasteiger partial charge in [0.2, 0.25) is 0 Å². The molecule has 1 fully saturated rings. The van der Waals surface area contributed by atoms with Gasteiger partial charge >= 0.3 is 0 Å². The van der Waals surface area contributed by atoms with Gasteiger partial charge in [0.25, 0.3) is 0 Å². The molecule has 2 rings (SSSR count). The van der Waals surface area contributed by atoms with E-state index in [0.717, 1.165) is 39.1 Å². The average Bonchev–Trinajstić information content (AvgIpc) is 2.47. The number of nitrogens with zero attached hydrogens (tertiary/aromatic N) is 2. The molecule has 1 N–H and O–H groups in total. The first-order valence-corrected chi connectivity index (χ1v) is 7.86. The van der Waals surface area contributed by atoms with Gasteiger partial charge < -0.3 is 10.0 Å². The molecule has 1 aromatic carbocycles. The van der Waals surface area contributed by atoms with Crippen molar-refractivity contribution in [3.05, 3.63) is 29.3 Å². The molecule has 1 aromatic rings. The van der Waals surface area contributed by atoms with Gasteiger partial charge in [-0.3, -0.25) is 4.90 Å². The number of piperazine rings is 1. The van der Waals surface area contributed by atoms with Crippen LogP contribution in [-0.4, -0.2) is 49.3 Å². The van der Waals surface area contributed by atoms with Crippen molar-refractivity contribution in [3.63, 3.8) is 0 Å². The van der Waals surface area contributed by atoms with E-state index in [0.29, 0.717) is 5.92 Å². The van der Waals surface area contributed by atoms with E-state index >= 15 is 0 Å². The lowest BCUT2D eigenvalue weighted by atomic mass is 9.95. The van der Waals surface area contributed by atoms with Crippen LogP contribution in [0.1, 0.15) is 37.8 Å². The summed E-state index contributed by atoms with van der Waals surface area (Å²) in [7, 11) is 0. The lowest BCUT2D eigenvalue weighted by Gasteiger charge is -2.36. The standard InChI is InChI=1S/C17H28N2O/c1-4-15-13-16(5-6-17(15)14(2)3)19-9-7-18(8-10-19)11-12-20/h5-6,13-14,20H,4,7-12H2,1-3H3. The first-order valence-electron chi connectivity index (χ1n) is 7.86. The maximum atomic E-state index is 9.00. The number of aryl methyl sites for hydroxylation is 1. The zero-order chi connectivity index (χ0) is 14.5. The number of anilines is 1. The molecule has 0 spiro atoms. The van der Waals surface area contributed by atoms with Gasteiger partial charge in [0.1, 0.15) is 0 Å². The van der Waals surface area contributed by atoms with Gasteiger partial charge in [-0.25, -0.2) is 0 Å². The van der Waals surface area contributed by atoms with Crippen molar-refractivity contribution in [2.24, 2.45) is 0 Å². The maximum Gasteiger partial charge on any atom is 0.0558 e. The van der Waals surface area contributed by atoms with Crippen LogP contribution in [-0.2, 0) is 6.42 Å². The van der Waals surface area contributed by atoms with E-state index in [1.54, 1.807) is 0 Å². The van der Waals surface area contributed by atoms with Crippen LogP contribution >= 0.6 is 0 Å². The molecule has 1 aliphatic heterocycles. The smallest absolute Gasteiger partial charge is 0.0558 e. The minimum atomic E-state index is 0.267. The van der Waals surface area contributed by atoms with Gasteiger partial charge in [-0.15, -0.1) is 0 Å². The number of rotatable bonds is 5. The Balaban J connectivity index is 2.07. The molecule has 1 heterocycles. The molecule has 1 saturated heterocycles. The molecule has 3 heteroatoms. The van der Waals surface area contributed by atoms with E-state index < -0.39 is 0 Å². The van der Waals surface area contributed by atoms with Gasteiger partial charge in [-0.2, -0.15) is 0 Å². The third-order valence-corrected chi connectivity index (χ3v) is 4.28. The fraction of sp³-hybridized carbons (Fsp3) is 0.647. The zero-order valence-corrected chi connectivity index (χ0v) is 13.1. The summed E-state index contributed by atoms with van der Waals surface area (Å²) < 4.78 is 0. The SMILES string of the molecule is CCc1cc(N2CCN(CCO)CC2)ccc1C(C)C. The monoisotopic (exact) mass is 276 g/mol. The van der Waals surface area contributed by atoms with Gasteiger partial charge in [-0.1, -0.05) is 26.8 Å². The number of benzene rings is 1. The predicted molar refractivity (Wildman–Crippen MR) is 85.6 cm³/mol. The Bertz CT molecular complexity index is 423. The highest BCUT2D eigenvalue weighted by Gasteiger charge is 2.17. The van der Waals surface area contributed by atoms with Gasteiger partial charge in [0.05, 0.1) is 6.61 Å². The quantitative estimate of drug-likeness (QED) is 0.895. The number of aliphatic hydroxyl groups excluding tert-OH is 1. The van der Waals surface area contributed by atoms with Crippen LogP contribution in [0.3, 0.4) is 0 Å². The number of hydrogen-bond donors (Lipinski definition) is 1. The molecule has 1 aliphatic rings. The lowest BCUT2D eigenvalue weighted by Crippen LogP contribution is -2.47. The van der Waals surface area contributed by atoms with Crippen molar-refractivity contribution < 1.29 is 5.11 Å². The molecule has 0 saturated carbocycles. The Kier molecular flexibility index (Phi) is 5.44. The first kappa shape index (κ1) is 15.3. The van der Waals surface area contributed by atoms with Crippen LogP contribution in [0, 0.1) is 0 Å². The van der Waals surface area contributed by atoms with Crippen molar-refractivity contribution in [2.75, 3.05) is 44.2 Å². The minimum absolute atomic E-state index is 0.267. The molecular weight excluding hydrogens is 248 g/mol. The molecule has 0 bridgehead atoms. The summed E-state index contributed by atoms with van der Waals surface area (Å²) in [6.45, 7) is 12.1. The van der Waals surface area contributed by atoms with Gasteiger partial charge in [0.15, 0.2) is 0 Å². The van der Waals surface area contributed by atoms with E-state index in [1.165, 1.54) is 16.8 Å². The molecule has 0 atom stereocenters. The molecule has 20 heavy (non-hydrogen) atoms. The van der Waals surface area contributed by atoms with Crippen molar-refractivity contribution >= 4 is 5.69 Å². The summed E-state index contributed by atoms with van der Waals surface area (Å²) in [5.74, 6) is 0.598. The summed E-state index contributed by atoms with van der Waals surface area (Å²) in [6.07, 6.45) is 1.10. The molecule has 0 aromatic heterocycles. The molecule has 112 valence electrons. The summed E-state index contributed by atoms with van der Waals surface area (Å²) >= 11 is 0. The van der Waals surface area contributed by atoms with Crippen molar-refractivity contribution in [3.8, 4) is 0 Å². The second kappa shape index (κ2) is 7.09. The molecule has 0 unspecified atom stereocenters. The second-order valence-corrected chi connectivity index (χ2v) is 5.94. The topological polar surface area (TPSA) is 26.7 Å². The second-order valence-electron chi connectivity index (χ2n) is 5.94. The zero-order valence-electron chi connectivity index (χ0n) is 13.1. The Hall–Kier alpha value is -1.06. The highest BCUT2D eigenvalue weighted by Crippen LogP contribution is 2.26. The van der Waals surface area contributed by atoms with Crippen LogP contribution < -0.4 is 4.90 Å². The van der Waals surface area contributed by atoms with E-state index in [4.69, 9.17) is 5.11 Å². The van der Waals surface area contributed by atoms with Crippen LogP contribution in [0.4, 0.5) is 5.69 Å². The van der Waals surface area contributed by atoms with Crippen LogP contribution in [0.15, 0.2) is 18.2 Å². The summed E-state index contributed by atoms with van der Waals surface area (Å²) in [6, 6.07) is 6.95. The van der Waals surface area contributed by atoms with E-state index in [9.17, 15) is 0 Å². The Morgan fingerprint density at radius 2 is 1.85 bits per heavy atom. The molecule has 0 radical (unpaired) electrons. The molecule has 3 nitrogen and oxygen atoms in total. The Morgan fingerprint density at radius 3 is 2.40 bits per heavy atom. The summed E-state index contributed by atoms with van der Waals surface area (Å²) in [4.78, 5) is 4.80. The van der Waals surface area contributed by atoms with Crippen LogP contribution in [0.25, 0.3) is 0 Å².